The summed E-state index contributed by atoms with van der Waals surface area (Å²) in [5, 5.41) is 2.91. The molecular weight excluding hydrogens is 353 g/mol. The minimum atomic E-state index is -0.398. The molecule has 1 aromatic rings. The molecular formula is C12H12Br2FNO. The fourth-order valence-corrected chi connectivity index (χ4v) is 2.45. The highest BCUT2D eigenvalue weighted by molar-refractivity contribution is 9.12. The van der Waals surface area contributed by atoms with E-state index >= 15 is 0 Å². The number of amides is 1. The molecule has 0 heterocycles. The molecule has 0 radical (unpaired) electrons. The molecule has 2 nitrogen and oxygen atoms in total. The quantitative estimate of drug-likeness (QED) is 0.816. The van der Waals surface area contributed by atoms with Crippen molar-refractivity contribution in [3.8, 4) is 0 Å². The van der Waals surface area contributed by atoms with Crippen molar-refractivity contribution in [2.24, 2.45) is 0 Å². The number of hydrogen-bond acceptors (Lipinski definition) is 1. The maximum atomic E-state index is 13.1. The molecule has 1 aromatic carbocycles. The summed E-state index contributed by atoms with van der Waals surface area (Å²) in [5.74, 6) is -0.354. The van der Waals surface area contributed by atoms with Gasteiger partial charge in [-0.3, -0.25) is 4.79 Å². The van der Waals surface area contributed by atoms with Crippen LogP contribution in [0.15, 0.2) is 24.3 Å². The van der Waals surface area contributed by atoms with Crippen molar-refractivity contribution in [2.45, 2.75) is 28.5 Å². The van der Waals surface area contributed by atoms with E-state index < -0.39 is 4.83 Å². The average Bonchev–Trinajstić information content (AvgIpc) is 3.11. The van der Waals surface area contributed by atoms with E-state index in [0.29, 0.717) is 6.04 Å². The Morgan fingerprint density at radius 3 is 2.71 bits per heavy atom. The number of hydrogen-bond donors (Lipinski definition) is 1. The van der Waals surface area contributed by atoms with Gasteiger partial charge < -0.3 is 5.32 Å². The van der Waals surface area contributed by atoms with Crippen LogP contribution < -0.4 is 5.32 Å². The Labute approximate surface area is 116 Å². The predicted octanol–water partition coefficient (Wildman–Crippen LogP) is 3.30. The van der Waals surface area contributed by atoms with Gasteiger partial charge in [-0.05, 0) is 30.5 Å². The Morgan fingerprint density at radius 1 is 1.41 bits per heavy atom. The SMILES string of the molecule is O=C(NC1CC1)C(Br)C(Br)c1cccc(F)c1. The fraction of sp³-hybridized carbons (Fsp3) is 0.417. The van der Waals surface area contributed by atoms with Crippen LogP contribution in [0.4, 0.5) is 4.39 Å². The Kier molecular flexibility index (Phi) is 4.20. The topological polar surface area (TPSA) is 29.1 Å². The summed E-state index contributed by atoms with van der Waals surface area (Å²) in [6, 6.07) is 6.57. The summed E-state index contributed by atoms with van der Waals surface area (Å²) < 4.78 is 13.1. The molecule has 1 fully saturated rings. The van der Waals surface area contributed by atoms with Crippen LogP contribution >= 0.6 is 31.9 Å². The summed E-state index contributed by atoms with van der Waals surface area (Å²) in [5.41, 5.74) is 0.748. The van der Waals surface area contributed by atoms with Crippen LogP contribution in [0.25, 0.3) is 0 Å². The number of halogens is 3. The van der Waals surface area contributed by atoms with E-state index in [1.807, 2.05) is 0 Å². The van der Waals surface area contributed by atoms with Crippen LogP contribution in [0.1, 0.15) is 23.2 Å². The minimum Gasteiger partial charge on any atom is -0.352 e. The van der Waals surface area contributed by atoms with Crippen LogP contribution in [0.3, 0.4) is 0 Å². The molecule has 5 heteroatoms. The molecule has 0 spiro atoms. The molecule has 1 aliphatic carbocycles. The molecule has 0 aromatic heterocycles. The molecule has 1 amide bonds. The van der Waals surface area contributed by atoms with Crippen LogP contribution in [-0.2, 0) is 4.79 Å². The third-order valence-electron chi connectivity index (χ3n) is 2.60. The number of carbonyl (C=O) groups is 1. The summed E-state index contributed by atoms with van der Waals surface area (Å²) in [6.07, 6.45) is 2.11. The highest BCUT2D eigenvalue weighted by Gasteiger charge is 2.30. The van der Waals surface area contributed by atoms with Crippen LogP contribution in [0.2, 0.25) is 0 Å². The van der Waals surface area contributed by atoms with Gasteiger partial charge in [0.15, 0.2) is 0 Å². The van der Waals surface area contributed by atoms with Crippen molar-refractivity contribution in [3.05, 3.63) is 35.6 Å². The second kappa shape index (κ2) is 5.48. The zero-order chi connectivity index (χ0) is 12.4. The Morgan fingerprint density at radius 2 is 2.12 bits per heavy atom. The van der Waals surface area contributed by atoms with Gasteiger partial charge in [0.1, 0.15) is 10.6 Å². The monoisotopic (exact) mass is 363 g/mol. The summed E-state index contributed by atoms with van der Waals surface area (Å²) in [4.78, 5) is 11.2. The lowest BCUT2D eigenvalue weighted by molar-refractivity contribution is -0.120. The maximum Gasteiger partial charge on any atom is 0.235 e. The van der Waals surface area contributed by atoms with E-state index in [1.54, 1.807) is 12.1 Å². The number of alkyl halides is 2. The van der Waals surface area contributed by atoms with Crippen molar-refractivity contribution in [2.75, 3.05) is 0 Å². The van der Waals surface area contributed by atoms with E-state index in [4.69, 9.17) is 0 Å². The third-order valence-corrected chi connectivity index (χ3v) is 5.31. The fourth-order valence-electron chi connectivity index (χ4n) is 1.49. The van der Waals surface area contributed by atoms with Gasteiger partial charge in [-0.25, -0.2) is 4.39 Å². The first-order chi connectivity index (χ1) is 8.08. The number of rotatable bonds is 4. The molecule has 0 aliphatic heterocycles. The van der Waals surface area contributed by atoms with E-state index in [2.05, 4.69) is 37.2 Å². The molecule has 92 valence electrons. The zero-order valence-corrected chi connectivity index (χ0v) is 12.2. The molecule has 0 bridgehead atoms. The smallest absolute Gasteiger partial charge is 0.235 e. The maximum absolute atomic E-state index is 13.1. The predicted molar refractivity (Wildman–Crippen MR) is 71.9 cm³/mol. The van der Waals surface area contributed by atoms with Gasteiger partial charge in [0.25, 0.3) is 0 Å². The van der Waals surface area contributed by atoms with Crippen molar-refractivity contribution in [1.29, 1.82) is 0 Å². The van der Waals surface area contributed by atoms with Crippen LogP contribution in [0.5, 0.6) is 0 Å². The highest BCUT2D eigenvalue weighted by atomic mass is 79.9. The number of benzene rings is 1. The summed E-state index contributed by atoms with van der Waals surface area (Å²) >= 11 is 6.77. The normalized spacial score (nSPS) is 18.5. The first-order valence-corrected chi connectivity index (χ1v) is 7.25. The minimum absolute atomic E-state index is 0.0568. The van der Waals surface area contributed by atoms with Gasteiger partial charge >= 0.3 is 0 Å². The standard InChI is InChI=1S/C12H12Br2FNO/c13-10(7-2-1-3-8(15)6-7)11(14)12(17)16-9-4-5-9/h1-3,6,9-11H,4-5H2,(H,16,17). The van der Waals surface area contributed by atoms with Gasteiger partial charge in [-0.15, -0.1) is 0 Å². The van der Waals surface area contributed by atoms with Gasteiger partial charge in [-0.2, -0.15) is 0 Å². The van der Waals surface area contributed by atoms with Crippen molar-refractivity contribution in [1.82, 2.24) is 5.32 Å². The molecule has 17 heavy (non-hydrogen) atoms. The zero-order valence-electron chi connectivity index (χ0n) is 9.00. The molecule has 1 saturated carbocycles. The molecule has 1 N–H and O–H groups in total. The van der Waals surface area contributed by atoms with E-state index in [9.17, 15) is 9.18 Å². The summed E-state index contributed by atoms with van der Waals surface area (Å²) in [6.45, 7) is 0. The first-order valence-electron chi connectivity index (χ1n) is 5.42. The summed E-state index contributed by atoms with van der Waals surface area (Å²) in [7, 11) is 0. The van der Waals surface area contributed by atoms with Crippen LogP contribution in [-0.4, -0.2) is 16.8 Å². The van der Waals surface area contributed by atoms with Gasteiger partial charge in [0.05, 0.1) is 4.83 Å². The van der Waals surface area contributed by atoms with Gasteiger partial charge in [-0.1, -0.05) is 44.0 Å². The van der Waals surface area contributed by atoms with Crippen molar-refractivity contribution < 1.29 is 9.18 Å². The van der Waals surface area contributed by atoms with Crippen molar-refractivity contribution in [3.63, 3.8) is 0 Å². The van der Waals surface area contributed by atoms with Gasteiger partial charge in [0, 0.05) is 6.04 Å². The van der Waals surface area contributed by atoms with Crippen molar-refractivity contribution >= 4 is 37.8 Å². The third kappa shape index (κ3) is 3.52. The second-order valence-electron chi connectivity index (χ2n) is 4.14. The van der Waals surface area contributed by atoms with E-state index in [1.165, 1.54) is 12.1 Å². The highest BCUT2D eigenvalue weighted by Crippen LogP contribution is 2.32. The average molecular weight is 365 g/mol. The lowest BCUT2D eigenvalue weighted by Crippen LogP contribution is -2.34. The molecule has 2 atom stereocenters. The van der Waals surface area contributed by atoms with E-state index in [-0.39, 0.29) is 16.6 Å². The van der Waals surface area contributed by atoms with Gasteiger partial charge in [0.2, 0.25) is 5.91 Å². The Balaban J connectivity index is 2.02. The Hall–Kier alpha value is -0.420. The van der Waals surface area contributed by atoms with E-state index in [0.717, 1.165) is 18.4 Å². The molecule has 0 saturated heterocycles. The molecule has 2 rings (SSSR count). The number of nitrogens with one attached hydrogen (secondary N) is 1. The largest absolute Gasteiger partial charge is 0.352 e. The Bertz CT molecular complexity index is 423. The molecule has 2 unspecified atom stereocenters. The molecule has 1 aliphatic rings. The lowest BCUT2D eigenvalue weighted by atomic mass is 10.1. The lowest BCUT2D eigenvalue weighted by Gasteiger charge is -2.16. The second-order valence-corrected chi connectivity index (χ2v) is 6.11. The number of carbonyl (C=O) groups excluding carboxylic acids is 1. The van der Waals surface area contributed by atoms with Crippen LogP contribution in [0, 0.1) is 5.82 Å². The first kappa shape index (κ1) is 13.0.